The van der Waals surface area contributed by atoms with Crippen LogP contribution in [0.4, 0.5) is 5.82 Å². The number of nitrogens with two attached hydrogens (primary N) is 1. The second-order valence-electron chi connectivity index (χ2n) is 9.50. The van der Waals surface area contributed by atoms with Crippen molar-refractivity contribution in [1.29, 1.82) is 0 Å². The average Bonchev–Trinajstić information content (AvgIpc) is 3.65. The van der Waals surface area contributed by atoms with Crippen LogP contribution in [0.15, 0.2) is 42.0 Å². The van der Waals surface area contributed by atoms with Crippen LogP contribution in [0, 0.1) is 0 Å². The Bertz CT molecular complexity index is 1400. The van der Waals surface area contributed by atoms with Gasteiger partial charge in [-0.05, 0) is 56.4 Å². The fourth-order valence-corrected chi connectivity index (χ4v) is 5.89. The monoisotopic (exact) mass is 519 g/mol. The smallest absolute Gasteiger partial charge is 0.249 e. The van der Waals surface area contributed by atoms with Crippen molar-refractivity contribution >= 4 is 28.7 Å². The number of likely N-dealkylation sites (N-methyl/N-ethyl adjacent to an activating group) is 1. The van der Waals surface area contributed by atoms with Gasteiger partial charge in [-0.1, -0.05) is 19.9 Å². The summed E-state index contributed by atoms with van der Waals surface area (Å²) in [5.74, 6) is 0.214. The number of primary amides is 1. The molecule has 0 radical (unpaired) electrons. The molecule has 5 heterocycles. The number of hydrogen-bond donors (Lipinski definition) is 2. The van der Waals surface area contributed by atoms with E-state index in [0.29, 0.717) is 48.7 Å². The van der Waals surface area contributed by atoms with Gasteiger partial charge in [0.05, 0.1) is 34.1 Å². The summed E-state index contributed by atoms with van der Waals surface area (Å²) in [7, 11) is 0. The fraction of sp³-hybridized carbons (Fsp3) is 0.407. The molecule has 37 heavy (non-hydrogen) atoms. The second-order valence-corrected chi connectivity index (χ2v) is 10.4. The molecule has 0 saturated carbocycles. The predicted molar refractivity (Wildman–Crippen MR) is 147 cm³/mol. The van der Waals surface area contributed by atoms with Crippen LogP contribution in [-0.2, 0) is 6.42 Å². The maximum Gasteiger partial charge on any atom is 0.249 e. The molecule has 1 saturated heterocycles. The minimum absolute atomic E-state index is 0.194. The van der Waals surface area contributed by atoms with Crippen LogP contribution in [0.3, 0.4) is 0 Å². The molecular formula is C27H33N7O2S. The minimum atomic E-state index is -0.491. The molecule has 1 aliphatic rings. The van der Waals surface area contributed by atoms with Gasteiger partial charge < -0.3 is 20.6 Å². The van der Waals surface area contributed by atoms with Crippen LogP contribution < -0.4 is 10.6 Å². The summed E-state index contributed by atoms with van der Waals surface area (Å²) in [6.45, 7) is 9.39. The number of rotatable bonds is 9. The van der Waals surface area contributed by atoms with Gasteiger partial charge in [0.1, 0.15) is 5.82 Å². The number of hydrogen-bond acceptors (Lipinski definition) is 8. The van der Waals surface area contributed by atoms with E-state index in [1.54, 1.807) is 28.1 Å². The number of β-amino-alcohol motifs (C(OH)–C–C–N with tert-alkyl or cyclic N) is 1. The van der Waals surface area contributed by atoms with Crippen LogP contribution in [0.25, 0.3) is 27.5 Å². The van der Waals surface area contributed by atoms with Crippen molar-refractivity contribution in [3.8, 4) is 21.8 Å². The van der Waals surface area contributed by atoms with E-state index < -0.39 is 12.0 Å². The van der Waals surface area contributed by atoms with Gasteiger partial charge in [0.15, 0.2) is 5.65 Å². The molecule has 1 amide bonds. The molecular weight excluding hydrogens is 486 g/mol. The summed E-state index contributed by atoms with van der Waals surface area (Å²) in [6, 6.07) is 7.94. The number of carbonyl (C=O) groups excluding carboxylic acids is 1. The van der Waals surface area contributed by atoms with Gasteiger partial charge in [-0.3, -0.25) is 4.79 Å². The SMILES string of the molecule is CCN(CC)[C@@H](C)Cc1c(C(N)=O)cc(-c2cnn3ccc(-c4cccs4)nc23)nc1N1CC[C@@H](O)C1. The lowest BCUT2D eigenvalue weighted by atomic mass is 9.98. The van der Waals surface area contributed by atoms with Crippen LogP contribution >= 0.6 is 11.3 Å². The number of thiophene rings is 1. The highest BCUT2D eigenvalue weighted by atomic mass is 32.1. The van der Waals surface area contributed by atoms with E-state index in [9.17, 15) is 9.90 Å². The Balaban J connectivity index is 1.66. The van der Waals surface area contributed by atoms with E-state index in [1.165, 1.54) is 0 Å². The highest BCUT2D eigenvalue weighted by Crippen LogP contribution is 2.33. The molecule has 0 spiro atoms. The summed E-state index contributed by atoms with van der Waals surface area (Å²) >= 11 is 1.62. The van der Waals surface area contributed by atoms with Crippen LogP contribution in [0.1, 0.15) is 43.1 Å². The highest BCUT2D eigenvalue weighted by Gasteiger charge is 2.29. The first-order valence-electron chi connectivity index (χ1n) is 12.8. The number of anilines is 1. The molecule has 4 aromatic heterocycles. The van der Waals surface area contributed by atoms with E-state index in [2.05, 4.69) is 35.7 Å². The summed E-state index contributed by atoms with van der Waals surface area (Å²) < 4.78 is 1.72. The molecule has 0 aliphatic carbocycles. The van der Waals surface area contributed by atoms with Gasteiger partial charge in [0.2, 0.25) is 5.91 Å². The Morgan fingerprint density at radius 3 is 2.73 bits per heavy atom. The molecule has 0 aromatic carbocycles. The Labute approximate surface area is 220 Å². The Hall–Kier alpha value is -3.34. The number of aromatic nitrogens is 4. The second kappa shape index (κ2) is 10.6. The maximum atomic E-state index is 12.8. The van der Waals surface area contributed by atoms with Gasteiger partial charge in [0.25, 0.3) is 0 Å². The van der Waals surface area contributed by atoms with Crippen LogP contribution in [0.5, 0.6) is 0 Å². The zero-order chi connectivity index (χ0) is 26.1. The quantitative estimate of drug-likeness (QED) is 0.348. The molecule has 3 N–H and O–H groups in total. The molecule has 0 bridgehead atoms. The van der Waals surface area contributed by atoms with Crippen molar-refractivity contribution in [1.82, 2.24) is 24.5 Å². The zero-order valence-electron chi connectivity index (χ0n) is 21.5. The first-order valence-corrected chi connectivity index (χ1v) is 13.7. The van der Waals surface area contributed by atoms with Crippen molar-refractivity contribution in [3.05, 3.63) is 53.2 Å². The van der Waals surface area contributed by atoms with Crippen molar-refractivity contribution in [2.24, 2.45) is 5.73 Å². The largest absolute Gasteiger partial charge is 0.391 e. The van der Waals surface area contributed by atoms with Crippen LogP contribution in [0.2, 0.25) is 0 Å². The Kier molecular flexibility index (Phi) is 7.23. The average molecular weight is 520 g/mol. The summed E-state index contributed by atoms with van der Waals surface area (Å²) in [4.78, 5) is 28.3. The standard InChI is InChI=1S/C27H33N7O2S/c1-4-32(5-2)17(3)13-20-19(25(28)36)14-23(31-26(20)33-10-8-18(35)16-33)21-15-29-34-11-9-22(30-27(21)34)24-7-6-12-37-24/h6-7,9,11-12,14-15,17-18,35H,4-5,8,10,13,16H2,1-3H3,(H2,28,36)/t17-,18+/m0/s1. The summed E-state index contributed by atoms with van der Waals surface area (Å²) in [6.07, 6.45) is 4.47. The third kappa shape index (κ3) is 4.96. The third-order valence-corrected chi connectivity index (χ3v) is 8.08. The van der Waals surface area contributed by atoms with Crippen LogP contribution in [-0.4, -0.2) is 73.8 Å². The number of aliphatic hydroxyl groups is 1. The van der Waals surface area contributed by atoms with Crippen molar-refractivity contribution < 1.29 is 9.90 Å². The van der Waals surface area contributed by atoms with Gasteiger partial charge in [-0.15, -0.1) is 11.3 Å². The topological polar surface area (TPSA) is 113 Å². The van der Waals surface area contributed by atoms with Gasteiger partial charge >= 0.3 is 0 Å². The van der Waals surface area contributed by atoms with E-state index in [0.717, 1.165) is 34.8 Å². The maximum absolute atomic E-state index is 12.8. The van der Waals surface area contributed by atoms with Crippen molar-refractivity contribution in [2.45, 2.75) is 45.8 Å². The lowest BCUT2D eigenvalue weighted by molar-refractivity contribution is 0.0999. The molecule has 10 heteroatoms. The van der Waals surface area contributed by atoms with E-state index in [-0.39, 0.29) is 6.04 Å². The normalized spacial score (nSPS) is 16.7. The first-order chi connectivity index (χ1) is 17.9. The zero-order valence-corrected chi connectivity index (χ0v) is 22.3. The Morgan fingerprint density at radius 1 is 1.27 bits per heavy atom. The number of fused-ring (bicyclic) bond motifs is 1. The molecule has 4 aromatic rings. The number of aliphatic hydroxyl groups excluding tert-OH is 1. The van der Waals surface area contributed by atoms with E-state index in [4.69, 9.17) is 15.7 Å². The fourth-order valence-electron chi connectivity index (χ4n) is 5.20. The molecule has 1 aliphatic heterocycles. The predicted octanol–water partition coefficient (Wildman–Crippen LogP) is 3.46. The lowest BCUT2D eigenvalue weighted by Crippen LogP contribution is -2.36. The minimum Gasteiger partial charge on any atom is -0.391 e. The molecule has 194 valence electrons. The summed E-state index contributed by atoms with van der Waals surface area (Å²) in [5, 5.41) is 16.8. The molecule has 5 rings (SSSR count). The first kappa shape index (κ1) is 25.3. The summed E-state index contributed by atoms with van der Waals surface area (Å²) in [5.41, 5.74) is 10.1. The third-order valence-electron chi connectivity index (χ3n) is 7.18. The molecule has 1 fully saturated rings. The lowest BCUT2D eigenvalue weighted by Gasteiger charge is -2.29. The Morgan fingerprint density at radius 2 is 2.08 bits per heavy atom. The molecule has 9 nitrogen and oxygen atoms in total. The van der Waals surface area contributed by atoms with E-state index >= 15 is 0 Å². The van der Waals surface area contributed by atoms with Gasteiger partial charge in [-0.25, -0.2) is 14.5 Å². The van der Waals surface area contributed by atoms with Crippen molar-refractivity contribution in [3.63, 3.8) is 0 Å². The van der Waals surface area contributed by atoms with Crippen molar-refractivity contribution in [2.75, 3.05) is 31.1 Å². The highest BCUT2D eigenvalue weighted by molar-refractivity contribution is 7.13. The molecule has 2 atom stereocenters. The van der Waals surface area contributed by atoms with E-state index in [1.807, 2.05) is 29.8 Å². The van der Waals surface area contributed by atoms with Gasteiger partial charge in [0, 0.05) is 36.5 Å². The molecule has 0 unspecified atom stereocenters. The number of amides is 1. The van der Waals surface area contributed by atoms with Gasteiger partial charge in [-0.2, -0.15) is 5.10 Å². The number of pyridine rings is 1. The number of nitrogens with zero attached hydrogens (tertiary/aromatic N) is 6. The number of carbonyl (C=O) groups is 1.